The van der Waals surface area contributed by atoms with Gasteiger partial charge in [0, 0.05) is 34.6 Å². The number of rotatable bonds is 4. The molecule has 26 heavy (non-hydrogen) atoms. The molecule has 0 aromatic heterocycles. The molecule has 0 N–H and O–H groups in total. The highest BCUT2D eigenvalue weighted by Crippen LogP contribution is 2.20. The molecule has 1 atom stereocenters. The van der Waals surface area contributed by atoms with Gasteiger partial charge in [0.05, 0.1) is 12.2 Å². The lowest BCUT2D eigenvalue weighted by Crippen LogP contribution is -2.41. The molecule has 2 aromatic rings. The van der Waals surface area contributed by atoms with Crippen molar-refractivity contribution < 1.29 is 14.3 Å². The molecule has 0 bridgehead atoms. The topological polar surface area (TPSA) is 46.6 Å². The van der Waals surface area contributed by atoms with Crippen LogP contribution in [0.5, 0.6) is 0 Å². The van der Waals surface area contributed by atoms with Crippen LogP contribution in [0.1, 0.15) is 33.6 Å². The van der Waals surface area contributed by atoms with Gasteiger partial charge in [-0.25, -0.2) is 4.79 Å². The molecule has 0 radical (unpaired) electrons. The zero-order valence-electron chi connectivity index (χ0n) is 14.2. The van der Waals surface area contributed by atoms with Crippen LogP contribution in [0.2, 0.25) is 10.0 Å². The monoisotopic (exact) mass is 391 g/mol. The fraction of sp³-hybridized carbons (Fsp3) is 0.300. The predicted molar refractivity (Wildman–Crippen MR) is 102 cm³/mol. The molecule has 1 fully saturated rings. The minimum atomic E-state index is -0.372. The van der Waals surface area contributed by atoms with Crippen LogP contribution in [0.25, 0.3) is 0 Å². The van der Waals surface area contributed by atoms with Crippen LogP contribution in [-0.4, -0.2) is 36.5 Å². The maximum Gasteiger partial charge on any atom is 0.338 e. The number of hydrogen-bond acceptors (Lipinski definition) is 3. The lowest BCUT2D eigenvalue weighted by molar-refractivity contribution is 0.0342. The van der Waals surface area contributed by atoms with E-state index < -0.39 is 0 Å². The lowest BCUT2D eigenvalue weighted by atomic mass is 9.98. The number of piperidine rings is 1. The van der Waals surface area contributed by atoms with E-state index in [1.165, 1.54) is 0 Å². The second kappa shape index (κ2) is 8.56. The summed E-state index contributed by atoms with van der Waals surface area (Å²) >= 11 is 11.7. The third kappa shape index (κ3) is 4.77. The first-order valence-corrected chi connectivity index (χ1v) is 9.26. The average Bonchev–Trinajstić information content (AvgIpc) is 2.67. The fourth-order valence-corrected chi connectivity index (χ4v) is 3.28. The van der Waals surface area contributed by atoms with Crippen molar-refractivity contribution in [2.24, 2.45) is 5.92 Å². The highest BCUT2D eigenvalue weighted by atomic mass is 35.5. The van der Waals surface area contributed by atoms with Crippen LogP contribution in [0.3, 0.4) is 0 Å². The molecule has 0 aliphatic carbocycles. The van der Waals surface area contributed by atoms with Crippen molar-refractivity contribution in [1.82, 2.24) is 4.90 Å². The fourth-order valence-electron chi connectivity index (χ4n) is 3.02. The molecule has 1 heterocycles. The van der Waals surface area contributed by atoms with Crippen LogP contribution < -0.4 is 0 Å². The van der Waals surface area contributed by atoms with E-state index in [0.717, 1.165) is 12.8 Å². The molecular weight excluding hydrogens is 373 g/mol. The number of hydrogen-bond donors (Lipinski definition) is 0. The minimum Gasteiger partial charge on any atom is -0.462 e. The van der Waals surface area contributed by atoms with E-state index in [-0.39, 0.29) is 17.8 Å². The number of nitrogens with zero attached hydrogens (tertiary/aromatic N) is 1. The standard InChI is InChI=1S/C20H19Cl2NO3/c21-17-7-3-15(4-8-17)19(24)23-11-1-2-14(12-23)13-26-20(25)16-5-9-18(22)10-6-16/h3-10,14H,1-2,11-13H2/t14-/m0/s1. The number of likely N-dealkylation sites (tertiary alicyclic amines) is 1. The van der Waals surface area contributed by atoms with E-state index in [1.807, 2.05) is 4.90 Å². The van der Waals surface area contributed by atoms with Crippen molar-refractivity contribution in [2.75, 3.05) is 19.7 Å². The molecule has 1 saturated heterocycles. The van der Waals surface area contributed by atoms with Gasteiger partial charge in [-0.3, -0.25) is 4.79 Å². The van der Waals surface area contributed by atoms with Crippen molar-refractivity contribution in [3.05, 3.63) is 69.7 Å². The summed E-state index contributed by atoms with van der Waals surface area (Å²) in [6.45, 7) is 1.59. The Kier molecular flexibility index (Phi) is 6.17. The Bertz CT molecular complexity index is 775. The van der Waals surface area contributed by atoms with Gasteiger partial charge in [-0.15, -0.1) is 0 Å². The number of amides is 1. The molecule has 3 rings (SSSR count). The molecule has 4 nitrogen and oxygen atoms in total. The zero-order chi connectivity index (χ0) is 18.5. The minimum absolute atomic E-state index is 0.0182. The quantitative estimate of drug-likeness (QED) is 0.709. The van der Waals surface area contributed by atoms with Gasteiger partial charge in [0.25, 0.3) is 5.91 Å². The van der Waals surface area contributed by atoms with Gasteiger partial charge in [-0.1, -0.05) is 23.2 Å². The Morgan fingerprint density at radius 2 is 1.54 bits per heavy atom. The van der Waals surface area contributed by atoms with E-state index in [4.69, 9.17) is 27.9 Å². The van der Waals surface area contributed by atoms with E-state index >= 15 is 0 Å². The summed E-state index contributed by atoms with van der Waals surface area (Å²) in [6, 6.07) is 13.5. The maximum absolute atomic E-state index is 12.6. The average molecular weight is 392 g/mol. The largest absolute Gasteiger partial charge is 0.462 e. The van der Waals surface area contributed by atoms with E-state index in [9.17, 15) is 9.59 Å². The Balaban J connectivity index is 1.55. The highest BCUT2D eigenvalue weighted by Gasteiger charge is 2.25. The number of carbonyl (C=O) groups excluding carboxylic acids is 2. The molecule has 136 valence electrons. The molecular formula is C20H19Cl2NO3. The second-order valence-electron chi connectivity index (χ2n) is 6.37. The van der Waals surface area contributed by atoms with Gasteiger partial charge in [0.1, 0.15) is 0 Å². The van der Waals surface area contributed by atoms with E-state index in [1.54, 1.807) is 48.5 Å². The molecule has 0 saturated carbocycles. The summed E-state index contributed by atoms with van der Waals surface area (Å²) in [5.41, 5.74) is 1.09. The van der Waals surface area contributed by atoms with Crippen molar-refractivity contribution in [1.29, 1.82) is 0 Å². The Hall–Kier alpha value is -2.04. The van der Waals surface area contributed by atoms with Crippen molar-refractivity contribution in [2.45, 2.75) is 12.8 Å². The SMILES string of the molecule is O=C(OC[C@H]1CCCN(C(=O)c2ccc(Cl)cc2)C1)c1ccc(Cl)cc1. The van der Waals surface area contributed by atoms with Gasteiger partial charge in [0.2, 0.25) is 0 Å². The molecule has 0 spiro atoms. The first-order chi connectivity index (χ1) is 12.5. The third-order valence-electron chi connectivity index (χ3n) is 4.43. The molecule has 1 aliphatic heterocycles. The maximum atomic E-state index is 12.6. The molecule has 0 unspecified atom stereocenters. The van der Waals surface area contributed by atoms with Gasteiger partial charge >= 0.3 is 5.97 Å². The predicted octanol–water partition coefficient (Wildman–Crippen LogP) is 4.70. The molecule has 1 amide bonds. The normalized spacial score (nSPS) is 17.0. The van der Waals surface area contributed by atoms with Crippen LogP contribution in [0.15, 0.2) is 48.5 Å². The van der Waals surface area contributed by atoms with E-state index in [0.29, 0.717) is 40.9 Å². The van der Waals surface area contributed by atoms with Crippen LogP contribution in [-0.2, 0) is 4.74 Å². The van der Waals surface area contributed by atoms with Crippen molar-refractivity contribution >= 4 is 35.1 Å². The first kappa shape index (κ1) is 18.7. The number of halogens is 2. The van der Waals surface area contributed by atoms with Crippen LogP contribution in [0, 0.1) is 5.92 Å². The van der Waals surface area contributed by atoms with E-state index in [2.05, 4.69) is 0 Å². The summed E-state index contributed by atoms with van der Waals surface area (Å²) in [4.78, 5) is 26.5. The van der Waals surface area contributed by atoms with Crippen LogP contribution >= 0.6 is 23.2 Å². The van der Waals surface area contributed by atoms with Crippen molar-refractivity contribution in [3.8, 4) is 0 Å². The third-order valence-corrected chi connectivity index (χ3v) is 4.93. The van der Waals surface area contributed by atoms with Crippen LogP contribution in [0.4, 0.5) is 0 Å². The molecule has 6 heteroatoms. The summed E-state index contributed by atoms with van der Waals surface area (Å²) in [6.07, 6.45) is 1.82. The number of carbonyl (C=O) groups is 2. The molecule has 1 aliphatic rings. The number of ether oxygens (including phenoxy) is 1. The lowest BCUT2D eigenvalue weighted by Gasteiger charge is -2.32. The van der Waals surface area contributed by atoms with Gasteiger partial charge in [-0.05, 0) is 61.4 Å². The molecule has 2 aromatic carbocycles. The Morgan fingerprint density at radius 1 is 0.962 bits per heavy atom. The Morgan fingerprint density at radius 3 is 2.15 bits per heavy atom. The summed E-state index contributed by atoms with van der Waals surface area (Å²) in [5.74, 6) is -0.255. The number of benzene rings is 2. The van der Waals surface area contributed by atoms with Gasteiger partial charge < -0.3 is 9.64 Å². The zero-order valence-corrected chi connectivity index (χ0v) is 15.7. The second-order valence-corrected chi connectivity index (χ2v) is 7.24. The first-order valence-electron chi connectivity index (χ1n) is 8.50. The summed E-state index contributed by atoms with van der Waals surface area (Å²) in [7, 11) is 0. The summed E-state index contributed by atoms with van der Waals surface area (Å²) < 4.78 is 5.42. The number of esters is 1. The highest BCUT2D eigenvalue weighted by molar-refractivity contribution is 6.31. The smallest absolute Gasteiger partial charge is 0.338 e. The van der Waals surface area contributed by atoms with Crippen molar-refractivity contribution in [3.63, 3.8) is 0 Å². The summed E-state index contributed by atoms with van der Waals surface area (Å²) in [5, 5.41) is 1.18. The van der Waals surface area contributed by atoms with Gasteiger partial charge in [0.15, 0.2) is 0 Å². The van der Waals surface area contributed by atoms with Gasteiger partial charge in [-0.2, -0.15) is 0 Å². The Labute approximate surface area is 162 Å².